The molecule has 0 unspecified atom stereocenters. The molecule has 1 amide bonds. The van der Waals surface area contributed by atoms with E-state index in [2.05, 4.69) is 37.2 Å². The van der Waals surface area contributed by atoms with E-state index in [1.54, 1.807) is 26.8 Å². The summed E-state index contributed by atoms with van der Waals surface area (Å²) in [6, 6.07) is 1.95. The van der Waals surface area contributed by atoms with Crippen molar-refractivity contribution < 1.29 is 36.2 Å². The molecule has 0 atom stereocenters. The predicted octanol–water partition coefficient (Wildman–Crippen LogP) is 7.81. The second kappa shape index (κ2) is 8.31. The lowest BCUT2D eigenvalue weighted by atomic mass is 9.84. The van der Waals surface area contributed by atoms with Gasteiger partial charge in [-0.3, -0.25) is 4.79 Å². The zero-order chi connectivity index (χ0) is 24.1. The molecule has 0 aliphatic rings. The first kappa shape index (κ1) is 25.5. The Hall–Kier alpha value is -1.75. The van der Waals surface area contributed by atoms with E-state index in [9.17, 15) is 36.2 Å². The maximum Gasteiger partial charge on any atom is 0.417 e. The van der Waals surface area contributed by atoms with E-state index in [0.29, 0.717) is 16.1 Å². The van der Waals surface area contributed by atoms with Gasteiger partial charge in [-0.25, -0.2) is 0 Å². The van der Waals surface area contributed by atoms with Gasteiger partial charge in [-0.1, -0.05) is 36.7 Å². The fraction of sp³-hybridized carbons (Fsp3) is 0.350. The summed E-state index contributed by atoms with van der Waals surface area (Å²) in [6.07, 6.45) is -10.2. The van der Waals surface area contributed by atoms with Gasteiger partial charge in [-0.2, -0.15) is 26.3 Å². The van der Waals surface area contributed by atoms with Gasteiger partial charge in [0.15, 0.2) is 0 Å². The summed E-state index contributed by atoms with van der Waals surface area (Å²) in [5, 5.41) is 12.7. The second-order valence-corrected chi connectivity index (χ2v) is 9.49. The number of benzene rings is 2. The third-order valence-corrected chi connectivity index (χ3v) is 6.16. The number of alkyl halides is 6. The summed E-state index contributed by atoms with van der Waals surface area (Å²) < 4.78 is 78.9. The Morgan fingerprint density at radius 3 is 1.94 bits per heavy atom. The molecule has 3 nitrogen and oxygen atoms in total. The molecule has 0 aliphatic heterocycles. The maximum absolute atomic E-state index is 13.3. The Kier molecular flexibility index (Phi) is 6.84. The number of rotatable bonds is 2. The average Bonchev–Trinajstić information content (AvgIpc) is 2.57. The number of aromatic hydroxyl groups is 1. The van der Waals surface area contributed by atoms with Gasteiger partial charge < -0.3 is 10.4 Å². The van der Waals surface area contributed by atoms with Crippen LogP contribution in [0.3, 0.4) is 0 Å². The highest BCUT2D eigenvalue weighted by atomic mass is 79.9. The number of hydrogen-bond acceptors (Lipinski definition) is 2. The Morgan fingerprint density at radius 1 is 0.935 bits per heavy atom. The predicted molar refractivity (Wildman–Crippen MR) is 111 cm³/mol. The fourth-order valence-electron chi connectivity index (χ4n) is 2.85. The number of hydrogen-bond donors (Lipinski definition) is 2. The third-order valence-electron chi connectivity index (χ3n) is 4.48. The highest BCUT2D eigenvalue weighted by Crippen LogP contribution is 2.44. The molecule has 11 heteroatoms. The van der Waals surface area contributed by atoms with Crippen LogP contribution in [0.1, 0.15) is 53.4 Å². The summed E-state index contributed by atoms with van der Waals surface area (Å²) >= 11 is 5.91. The molecule has 0 fully saturated rings. The molecule has 0 heterocycles. The van der Waals surface area contributed by atoms with Crippen molar-refractivity contribution in [2.45, 2.75) is 45.5 Å². The van der Waals surface area contributed by atoms with Crippen molar-refractivity contribution in [1.29, 1.82) is 0 Å². The number of phenolic OH excluding ortho intramolecular Hbond substituents is 1. The van der Waals surface area contributed by atoms with E-state index >= 15 is 0 Å². The summed E-state index contributed by atoms with van der Waals surface area (Å²) in [5.74, 6) is -1.47. The van der Waals surface area contributed by atoms with E-state index < -0.39 is 50.7 Å². The van der Waals surface area contributed by atoms with Crippen LogP contribution in [0.2, 0.25) is 0 Å². The first-order valence-electron chi connectivity index (χ1n) is 8.67. The van der Waals surface area contributed by atoms with Crippen molar-refractivity contribution in [3.8, 4) is 5.75 Å². The Labute approximate surface area is 191 Å². The van der Waals surface area contributed by atoms with Crippen molar-refractivity contribution in [2.75, 3.05) is 5.32 Å². The van der Waals surface area contributed by atoms with Crippen molar-refractivity contribution in [2.24, 2.45) is 0 Å². The zero-order valence-electron chi connectivity index (χ0n) is 16.6. The van der Waals surface area contributed by atoms with E-state index in [1.165, 1.54) is 6.92 Å². The highest BCUT2D eigenvalue weighted by molar-refractivity contribution is 9.11. The van der Waals surface area contributed by atoms with Gasteiger partial charge in [-0.15, -0.1) is 0 Å². The monoisotopic (exact) mass is 575 g/mol. The van der Waals surface area contributed by atoms with Crippen LogP contribution in [0.4, 0.5) is 32.0 Å². The van der Waals surface area contributed by atoms with Crippen molar-refractivity contribution >= 4 is 43.5 Å². The van der Waals surface area contributed by atoms with Gasteiger partial charge in [0.1, 0.15) is 5.75 Å². The summed E-state index contributed by atoms with van der Waals surface area (Å²) in [6.45, 7) is 6.78. The minimum absolute atomic E-state index is 0.0424. The van der Waals surface area contributed by atoms with Gasteiger partial charge in [0.25, 0.3) is 5.91 Å². The molecular weight excluding hydrogens is 560 g/mol. The van der Waals surface area contributed by atoms with Crippen molar-refractivity contribution in [3.63, 3.8) is 0 Å². The number of carbonyl (C=O) groups excluding carboxylic acids is 1. The number of amides is 1. The fourth-order valence-corrected chi connectivity index (χ4v) is 3.83. The first-order chi connectivity index (χ1) is 13.9. The molecule has 0 saturated carbocycles. The van der Waals surface area contributed by atoms with E-state index in [1.807, 2.05) is 0 Å². The summed E-state index contributed by atoms with van der Waals surface area (Å²) in [5.41, 5.74) is -4.14. The number of carbonyl (C=O) groups is 1. The minimum Gasteiger partial charge on any atom is -0.507 e. The summed E-state index contributed by atoms with van der Waals surface area (Å²) in [7, 11) is 0. The second-order valence-electron chi connectivity index (χ2n) is 7.84. The lowest BCUT2D eigenvalue weighted by molar-refractivity contribution is -0.143. The lowest BCUT2D eigenvalue weighted by Gasteiger charge is -2.24. The number of nitrogens with one attached hydrogen (secondary N) is 1. The quantitative estimate of drug-likeness (QED) is 0.358. The average molecular weight is 577 g/mol. The maximum atomic E-state index is 13.3. The molecule has 0 bridgehead atoms. The van der Waals surface area contributed by atoms with Crippen LogP contribution in [0.15, 0.2) is 27.1 Å². The number of anilines is 1. The summed E-state index contributed by atoms with van der Waals surface area (Å²) in [4.78, 5) is 12.9. The van der Waals surface area contributed by atoms with E-state index in [0.717, 1.165) is 0 Å². The first-order valence-corrected chi connectivity index (χ1v) is 10.3. The van der Waals surface area contributed by atoms with Gasteiger partial charge in [0, 0.05) is 10.0 Å². The van der Waals surface area contributed by atoms with Crippen LogP contribution >= 0.6 is 31.9 Å². The van der Waals surface area contributed by atoms with Gasteiger partial charge in [-0.05, 0) is 52.0 Å². The Morgan fingerprint density at radius 2 is 1.48 bits per heavy atom. The molecule has 0 aromatic heterocycles. The third kappa shape index (κ3) is 5.36. The SMILES string of the molecule is Cc1c(Br)cc(C(C)(C)C)c(O)c1C(=O)Nc1cc(C(F)(F)F)cc(C(F)(F)F)c1Br. The van der Waals surface area contributed by atoms with Crippen LogP contribution in [-0.4, -0.2) is 11.0 Å². The molecule has 31 heavy (non-hydrogen) atoms. The molecule has 0 radical (unpaired) electrons. The van der Waals surface area contributed by atoms with Crippen LogP contribution in [-0.2, 0) is 17.8 Å². The van der Waals surface area contributed by atoms with E-state index in [4.69, 9.17) is 0 Å². The van der Waals surface area contributed by atoms with Crippen molar-refractivity contribution in [1.82, 2.24) is 0 Å². The molecule has 2 rings (SSSR count). The smallest absolute Gasteiger partial charge is 0.417 e. The molecule has 0 aliphatic carbocycles. The molecule has 2 aromatic carbocycles. The van der Waals surface area contributed by atoms with Gasteiger partial charge >= 0.3 is 12.4 Å². The molecule has 2 aromatic rings. The molecule has 2 N–H and O–H groups in total. The highest BCUT2D eigenvalue weighted by Gasteiger charge is 2.39. The normalized spacial score (nSPS) is 12.8. The largest absolute Gasteiger partial charge is 0.507 e. The van der Waals surface area contributed by atoms with Crippen LogP contribution in [0.25, 0.3) is 0 Å². The zero-order valence-corrected chi connectivity index (χ0v) is 19.8. The number of phenols is 1. The van der Waals surface area contributed by atoms with Gasteiger partial charge in [0.2, 0.25) is 0 Å². The molecule has 0 saturated heterocycles. The minimum atomic E-state index is -5.10. The van der Waals surface area contributed by atoms with Crippen molar-refractivity contribution in [3.05, 3.63) is 55.0 Å². The van der Waals surface area contributed by atoms with Crippen LogP contribution < -0.4 is 5.32 Å². The standard InChI is InChI=1S/C20H17Br2F6NO2/c1-8-12(21)7-11(18(2,3)4)16(30)14(8)17(31)29-13-6-9(19(23,24)25)5-10(15(13)22)20(26,27)28/h5-7,30H,1-4H3,(H,29,31). The Bertz CT molecular complexity index is 1040. The Balaban J connectivity index is 2.68. The van der Waals surface area contributed by atoms with Crippen LogP contribution in [0.5, 0.6) is 5.75 Å². The van der Waals surface area contributed by atoms with Gasteiger partial charge in [0.05, 0.1) is 26.9 Å². The molecule has 0 spiro atoms. The number of halogens is 8. The van der Waals surface area contributed by atoms with Crippen LogP contribution in [0, 0.1) is 6.92 Å². The lowest BCUT2D eigenvalue weighted by Crippen LogP contribution is -2.20. The molecular formula is C20H17Br2F6NO2. The molecule has 170 valence electrons. The van der Waals surface area contributed by atoms with E-state index in [-0.39, 0.29) is 17.2 Å². The topological polar surface area (TPSA) is 49.3 Å².